The fourth-order valence-electron chi connectivity index (χ4n) is 2.20. The van der Waals surface area contributed by atoms with Crippen LogP contribution in [0.1, 0.15) is 17.9 Å². The van der Waals surface area contributed by atoms with Crippen LogP contribution in [0.15, 0.2) is 51.8 Å². The van der Waals surface area contributed by atoms with Crippen LogP contribution >= 0.6 is 0 Å². The summed E-state index contributed by atoms with van der Waals surface area (Å²) in [5, 5.41) is 6.63. The van der Waals surface area contributed by atoms with E-state index in [0.29, 0.717) is 5.56 Å². The molecule has 0 saturated heterocycles. The molecule has 0 atom stereocenters. The maximum absolute atomic E-state index is 12.5. The lowest BCUT2D eigenvalue weighted by molar-refractivity contribution is -0.274. The van der Waals surface area contributed by atoms with E-state index >= 15 is 0 Å². The summed E-state index contributed by atoms with van der Waals surface area (Å²) in [6.07, 6.45) is -6.33. The molecular weight excluding hydrogens is 377 g/mol. The number of nitrogens with zero attached hydrogens (tertiary/aromatic N) is 3. The summed E-state index contributed by atoms with van der Waals surface area (Å²) in [5.41, 5.74) is 0.238. The summed E-state index contributed by atoms with van der Waals surface area (Å²) in [7, 11) is 0. The third kappa shape index (κ3) is 4.68. The van der Waals surface area contributed by atoms with Crippen molar-refractivity contribution in [3.63, 3.8) is 0 Å². The summed E-state index contributed by atoms with van der Waals surface area (Å²) in [5.74, 6) is -1.45. The van der Waals surface area contributed by atoms with Gasteiger partial charge in [-0.2, -0.15) is 8.78 Å². The Bertz CT molecular complexity index is 980. The van der Waals surface area contributed by atoms with E-state index in [1.165, 1.54) is 29.0 Å². The molecule has 0 saturated carbocycles. The molecule has 0 bridgehead atoms. The Hall–Kier alpha value is -3.24. The van der Waals surface area contributed by atoms with Crippen LogP contribution < -0.4 is 10.3 Å². The molecular formula is C16H10F5N3O3. The summed E-state index contributed by atoms with van der Waals surface area (Å²) in [6.45, 7) is 0.0809. The van der Waals surface area contributed by atoms with Crippen molar-refractivity contribution in [1.82, 2.24) is 14.8 Å². The summed E-state index contributed by atoms with van der Waals surface area (Å²) in [6, 6.07) is 7.58. The monoisotopic (exact) mass is 387 g/mol. The van der Waals surface area contributed by atoms with Gasteiger partial charge in [-0.3, -0.25) is 4.79 Å². The number of ether oxygens (including phenoxy) is 1. The molecule has 0 aliphatic carbocycles. The summed E-state index contributed by atoms with van der Waals surface area (Å²) in [4.78, 5) is 12.2. The number of hydrogen-bond acceptors (Lipinski definition) is 5. The van der Waals surface area contributed by atoms with Gasteiger partial charge >= 0.3 is 12.8 Å². The Balaban J connectivity index is 1.75. The first kappa shape index (κ1) is 18.5. The Morgan fingerprint density at radius 2 is 1.81 bits per heavy atom. The minimum Gasteiger partial charge on any atom is -0.415 e. The first-order valence-corrected chi connectivity index (χ1v) is 7.38. The largest absolute Gasteiger partial charge is 0.573 e. The molecule has 0 fully saturated rings. The molecule has 0 N–H and O–H groups in total. The van der Waals surface area contributed by atoms with E-state index in [4.69, 9.17) is 4.42 Å². The molecule has 3 rings (SSSR count). The normalized spacial score (nSPS) is 11.8. The molecule has 0 unspecified atom stereocenters. The number of aromatic nitrogens is 3. The van der Waals surface area contributed by atoms with Crippen molar-refractivity contribution >= 4 is 0 Å². The first-order valence-electron chi connectivity index (χ1n) is 7.38. The minimum atomic E-state index is -4.78. The van der Waals surface area contributed by atoms with Crippen LogP contribution in [0, 0.1) is 0 Å². The second-order valence-electron chi connectivity index (χ2n) is 5.32. The zero-order valence-corrected chi connectivity index (χ0v) is 13.3. The van der Waals surface area contributed by atoms with Crippen LogP contribution in [0.5, 0.6) is 5.75 Å². The predicted molar refractivity (Wildman–Crippen MR) is 81.2 cm³/mol. The Morgan fingerprint density at radius 3 is 2.37 bits per heavy atom. The maximum Gasteiger partial charge on any atom is 0.573 e. The maximum atomic E-state index is 12.5. The highest BCUT2D eigenvalue weighted by molar-refractivity contribution is 5.51. The average molecular weight is 387 g/mol. The summed E-state index contributed by atoms with van der Waals surface area (Å²) >= 11 is 0. The first-order chi connectivity index (χ1) is 12.7. The zero-order chi connectivity index (χ0) is 19.6. The molecule has 2 aromatic heterocycles. The molecule has 3 aromatic rings. The SMILES string of the molecule is O=c1cc(-c2nnc(C(F)F)o2)ccn1Cc1ccc(OC(F)(F)F)cc1. The van der Waals surface area contributed by atoms with Gasteiger partial charge in [-0.1, -0.05) is 12.1 Å². The molecule has 0 aliphatic rings. The fraction of sp³-hybridized carbons (Fsp3) is 0.188. The topological polar surface area (TPSA) is 70.2 Å². The number of alkyl halides is 5. The molecule has 0 spiro atoms. The van der Waals surface area contributed by atoms with Gasteiger partial charge in [-0.05, 0) is 23.8 Å². The molecule has 1 aromatic carbocycles. The van der Waals surface area contributed by atoms with Crippen molar-refractivity contribution in [2.24, 2.45) is 0 Å². The van der Waals surface area contributed by atoms with Gasteiger partial charge < -0.3 is 13.7 Å². The van der Waals surface area contributed by atoms with Crippen LogP contribution in [0.25, 0.3) is 11.5 Å². The highest BCUT2D eigenvalue weighted by atomic mass is 19.4. The molecule has 27 heavy (non-hydrogen) atoms. The number of pyridine rings is 1. The van der Waals surface area contributed by atoms with Crippen LogP contribution in [0.3, 0.4) is 0 Å². The quantitative estimate of drug-likeness (QED) is 0.623. The van der Waals surface area contributed by atoms with Gasteiger partial charge in [0.25, 0.3) is 11.4 Å². The van der Waals surface area contributed by atoms with Crippen LogP contribution in [0.2, 0.25) is 0 Å². The van der Waals surface area contributed by atoms with Crippen molar-refractivity contribution in [3.8, 4) is 17.2 Å². The number of rotatable bonds is 5. The third-order valence-electron chi connectivity index (χ3n) is 3.38. The van der Waals surface area contributed by atoms with Gasteiger partial charge in [0, 0.05) is 17.8 Å². The highest BCUT2D eigenvalue weighted by Gasteiger charge is 2.30. The van der Waals surface area contributed by atoms with Crippen LogP contribution in [-0.2, 0) is 6.54 Å². The van der Waals surface area contributed by atoms with E-state index in [1.54, 1.807) is 0 Å². The molecule has 2 heterocycles. The van der Waals surface area contributed by atoms with Crippen molar-refractivity contribution in [3.05, 3.63) is 64.4 Å². The van der Waals surface area contributed by atoms with Crippen molar-refractivity contribution in [1.29, 1.82) is 0 Å². The molecule has 6 nitrogen and oxygen atoms in total. The van der Waals surface area contributed by atoms with Gasteiger partial charge in [-0.25, -0.2) is 0 Å². The van der Waals surface area contributed by atoms with Gasteiger partial charge in [-0.15, -0.1) is 23.4 Å². The lowest BCUT2D eigenvalue weighted by Crippen LogP contribution is -2.19. The van der Waals surface area contributed by atoms with Crippen LogP contribution in [-0.4, -0.2) is 21.1 Å². The van der Waals surface area contributed by atoms with Crippen molar-refractivity contribution < 1.29 is 31.1 Å². The van der Waals surface area contributed by atoms with E-state index in [1.807, 2.05) is 0 Å². The van der Waals surface area contributed by atoms with Crippen molar-refractivity contribution in [2.75, 3.05) is 0 Å². The number of halogens is 5. The standard InChI is InChI=1S/C16H10F5N3O3/c17-13(18)15-23-22-14(26-15)10-5-6-24(12(25)7-10)8-9-1-3-11(4-2-9)27-16(19,20)21/h1-7,13H,8H2. The van der Waals surface area contributed by atoms with E-state index in [9.17, 15) is 26.7 Å². The Labute approximate surface area is 147 Å². The smallest absolute Gasteiger partial charge is 0.415 e. The fourth-order valence-corrected chi connectivity index (χ4v) is 2.20. The van der Waals surface area contributed by atoms with E-state index < -0.39 is 24.2 Å². The molecule has 142 valence electrons. The summed E-state index contributed by atoms with van der Waals surface area (Å²) < 4.78 is 71.2. The van der Waals surface area contributed by atoms with Gasteiger partial charge in [0.05, 0.1) is 6.54 Å². The zero-order valence-electron chi connectivity index (χ0n) is 13.3. The van der Waals surface area contributed by atoms with E-state index in [2.05, 4.69) is 14.9 Å². The third-order valence-corrected chi connectivity index (χ3v) is 3.38. The number of hydrogen-bond donors (Lipinski definition) is 0. The Morgan fingerprint density at radius 1 is 1.11 bits per heavy atom. The van der Waals surface area contributed by atoms with E-state index in [-0.39, 0.29) is 23.7 Å². The van der Waals surface area contributed by atoms with E-state index in [0.717, 1.165) is 18.2 Å². The van der Waals surface area contributed by atoms with Gasteiger partial charge in [0.15, 0.2) is 0 Å². The van der Waals surface area contributed by atoms with Gasteiger partial charge in [0.2, 0.25) is 5.89 Å². The minimum absolute atomic E-state index is 0.0809. The number of benzene rings is 1. The Kier molecular flexibility index (Phi) is 4.93. The molecule has 11 heteroatoms. The van der Waals surface area contributed by atoms with Crippen molar-refractivity contribution in [2.45, 2.75) is 19.3 Å². The predicted octanol–water partition coefficient (Wildman–Crippen LogP) is 3.78. The molecule has 0 amide bonds. The average Bonchev–Trinajstić information content (AvgIpc) is 3.07. The van der Waals surface area contributed by atoms with Gasteiger partial charge in [0.1, 0.15) is 5.75 Å². The lowest BCUT2D eigenvalue weighted by Gasteiger charge is -2.10. The second kappa shape index (κ2) is 7.17. The molecule has 0 radical (unpaired) electrons. The lowest BCUT2D eigenvalue weighted by atomic mass is 10.2. The second-order valence-corrected chi connectivity index (χ2v) is 5.32. The van der Waals surface area contributed by atoms with Crippen LogP contribution in [0.4, 0.5) is 22.0 Å². The molecule has 0 aliphatic heterocycles. The highest BCUT2D eigenvalue weighted by Crippen LogP contribution is 2.24.